The second kappa shape index (κ2) is 6.52. The molecule has 2 aromatic rings. The molecule has 7 heteroatoms. The van der Waals surface area contributed by atoms with Crippen LogP contribution >= 0.6 is 0 Å². The number of para-hydroxylation sites is 1. The van der Waals surface area contributed by atoms with Gasteiger partial charge in [0.25, 0.3) is 5.69 Å². The summed E-state index contributed by atoms with van der Waals surface area (Å²) in [7, 11) is 1.83. The maximum atomic E-state index is 11.1. The van der Waals surface area contributed by atoms with Gasteiger partial charge in [-0.05, 0) is 33.0 Å². The molecule has 0 amide bonds. The first kappa shape index (κ1) is 16.9. The summed E-state index contributed by atoms with van der Waals surface area (Å²) < 4.78 is 5.80. The molecule has 0 saturated carbocycles. The van der Waals surface area contributed by atoms with Crippen molar-refractivity contribution in [2.24, 2.45) is 4.99 Å². The molecule has 2 N–H and O–H groups in total. The quantitative estimate of drug-likeness (QED) is 0.645. The van der Waals surface area contributed by atoms with E-state index in [1.165, 1.54) is 12.1 Å². The van der Waals surface area contributed by atoms with Gasteiger partial charge in [-0.25, -0.2) is 4.99 Å². The second-order valence-electron chi connectivity index (χ2n) is 5.71. The predicted molar refractivity (Wildman–Crippen MR) is 96.5 cm³/mol. The fraction of sp³-hybridized carbons (Fsp3) is 0.278. The monoisotopic (exact) mass is 340 g/mol. The Morgan fingerprint density at radius 2 is 2.04 bits per heavy atom. The number of benzene rings is 2. The minimum Gasteiger partial charge on any atom is -0.493 e. The standard InChI is InChI=1S/C18H20N4O3/c1-4-25-17-8-6-5-7-15(17)18(19-3)14-10-9-13(22(23)24)11-16(14)20-12(2)21-18/h5-11,19H,4H2,1-3H3,(H,20,21). The Morgan fingerprint density at radius 3 is 2.72 bits per heavy atom. The molecule has 0 fully saturated rings. The Morgan fingerprint density at radius 1 is 1.28 bits per heavy atom. The van der Waals surface area contributed by atoms with Gasteiger partial charge in [-0.2, -0.15) is 0 Å². The number of rotatable bonds is 5. The van der Waals surface area contributed by atoms with Crippen LogP contribution in [-0.2, 0) is 5.66 Å². The van der Waals surface area contributed by atoms with Crippen molar-refractivity contribution in [3.63, 3.8) is 0 Å². The molecule has 0 saturated heterocycles. The smallest absolute Gasteiger partial charge is 0.271 e. The largest absolute Gasteiger partial charge is 0.493 e. The van der Waals surface area contributed by atoms with E-state index in [2.05, 4.69) is 15.6 Å². The number of hydrogen-bond donors (Lipinski definition) is 2. The fourth-order valence-electron chi connectivity index (χ4n) is 3.19. The van der Waals surface area contributed by atoms with E-state index < -0.39 is 10.6 Å². The zero-order valence-corrected chi connectivity index (χ0v) is 14.4. The summed E-state index contributed by atoms with van der Waals surface area (Å²) >= 11 is 0. The molecule has 0 spiro atoms. The van der Waals surface area contributed by atoms with Crippen LogP contribution in [0.1, 0.15) is 25.0 Å². The number of aliphatic imine (C=N–C) groups is 1. The lowest BCUT2D eigenvalue weighted by Gasteiger charge is -2.40. The molecule has 1 atom stereocenters. The lowest BCUT2D eigenvalue weighted by molar-refractivity contribution is -0.384. The summed E-state index contributed by atoms with van der Waals surface area (Å²) in [6, 6.07) is 12.4. The number of nitrogens with zero attached hydrogens (tertiary/aromatic N) is 2. The van der Waals surface area contributed by atoms with Gasteiger partial charge in [-0.3, -0.25) is 15.4 Å². The molecule has 0 radical (unpaired) electrons. The average Bonchev–Trinajstić information content (AvgIpc) is 2.61. The van der Waals surface area contributed by atoms with E-state index in [1.54, 1.807) is 6.07 Å². The van der Waals surface area contributed by atoms with Gasteiger partial charge in [0.2, 0.25) is 0 Å². The minimum atomic E-state index is -0.790. The van der Waals surface area contributed by atoms with Crippen molar-refractivity contribution in [1.82, 2.24) is 10.6 Å². The first-order valence-corrected chi connectivity index (χ1v) is 8.05. The molecular weight excluding hydrogens is 320 g/mol. The van der Waals surface area contributed by atoms with Crippen LogP contribution in [0.4, 0.5) is 11.4 Å². The van der Waals surface area contributed by atoms with Crippen LogP contribution in [0.2, 0.25) is 0 Å². The molecule has 7 nitrogen and oxygen atoms in total. The van der Waals surface area contributed by atoms with E-state index in [9.17, 15) is 10.1 Å². The molecular formula is C18H20N4O3. The second-order valence-corrected chi connectivity index (χ2v) is 5.71. The number of fused-ring (bicyclic) bond motifs is 1. The third-order valence-electron chi connectivity index (χ3n) is 4.22. The average molecular weight is 340 g/mol. The van der Waals surface area contributed by atoms with Crippen LogP contribution in [0.3, 0.4) is 0 Å². The Bertz CT molecular complexity index is 850. The number of hydrogen-bond acceptors (Lipinski definition) is 6. The number of nitrogens with one attached hydrogen (secondary N) is 2. The summed E-state index contributed by atoms with van der Waals surface area (Å²) in [6.07, 6.45) is 0. The van der Waals surface area contributed by atoms with Crippen LogP contribution in [0.5, 0.6) is 5.75 Å². The molecule has 3 rings (SSSR count). The predicted octanol–water partition coefficient (Wildman–Crippen LogP) is 3.07. The number of ether oxygens (including phenoxy) is 1. The van der Waals surface area contributed by atoms with Gasteiger partial charge in [0.05, 0.1) is 17.2 Å². The van der Waals surface area contributed by atoms with Crippen molar-refractivity contribution in [3.05, 3.63) is 63.7 Å². The van der Waals surface area contributed by atoms with E-state index >= 15 is 0 Å². The Kier molecular flexibility index (Phi) is 4.41. The highest BCUT2D eigenvalue weighted by Gasteiger charge is 2.40. The molecule has 1 heterocycles. The van der Waals surface area contributed by atoms with Gasteiger partial charge in [0.15, 0.2) is 0 Å². The summed E-state index contributed by atoms with van der Waals surface area (Å²) in [5.41, 5.74) is 1.48. The zero-order chi connectivity index (χ0) is 18.0. The van der Waals surface area contributed by atoms with Crippen molar-refractivity contribution in [3.8, 4) is 5.75 Å². The van der Waals surface area contributed by atoms with E-state index in [0.717, 1.165) is 16.9 Å². The van der Waals surface area contributed by atoms with Crippen molar-refractivity contribution in [2.45, 2.75) is 19.5 Å². The molecule has 25 heavy (non-hydrogen) atoms. The van der Waals surface area contributed by atoms with Crippen molar-refractivity contribution >= 4 is 17.2 Å². The Labute approximate surface area is 145 Å². The summed E-state index contributed by atoms with van der Waals surface area (Å²) in [5.74, 6) is 1.40. The van der Waals surface area contributed by atoms with E-state index in [0.29, 0.717) is 18.1 Å². The Hall–Kier alpha value is -2.93. The third kappa shape index (κ3) is 2.83. The zero-order valence-electron chi connectivity index (χ0n) is 14.4. The number of nitro groups is 1. The molecule has 2 aromatic carbocycles. The van der Waals surface area contributed by atoms with Crippen LogP contribution in [0, 0.1) is 10.1 Å². The topological polar surface area (TPSA) is 88.8 Å². The lowest BCUT2D eigenvalue weighted by atomic mass is 9.87. The van der Waals surface area contributed by atoms with Gasteiger partial charge in [0, 0.05) is 23.3 Å². The summed E-state index contributed by atoms with van der Waals surface area (Å²) in [5, 5.41) is 17.8. The van der Waals surface area contributed by atoms with Gasteiger partial charge in [0.1, 0.15) is 17.2 Å². The van der Waals surface area contributed by atoms with Gasteiger partial charge < -0.3 is 10.1 Å². The number of non-ortho nitro benzene ring substituents is 1. The SMILES string of the molecule is CCOc1ccccc1C1(NC)NC(C)=Nc2cc([N+](=O)[O-])ccc21. The van der Waals surface area contributed by atoms with E-state index in [1.807, 2.05) is 45.2 Å². The fourth-order valence-corrected chi connectivity index (χ4v) is 3.19. The molecule has 0 aliphatic carbocycles. The van der Waals surface area contributed by atoms with Crippen LogP contribution in [0.15, 0.2) is 47.5 Å². The highest BCUT2D eigenvalue weighted by atomic mass is 16.6. The van der Waals surface area contributed by atoms with E-state index in [-0.39, 0.29) is 5.69 Å². The molecule has 1 aliphatic heterocycles. The van der Waals surface area contributed by atoms with Crippen molar-refractivity contribution in [2.75, 3.05) is 13.7 Å². The van der Waals surface area contributed by atoms with E-state index in [4.69, 9.17) is 4.74 Å². The lowest BCUT2D eigenvalue weighted by Crippen LogP contribution is -2.56. The van der Waals surface area contributed by atoms with Crippen LogP contribution < -0.4 is 15.4 Å². The first-order chi connectivity index (χ1) is 12.0. The molecule has 0 bridgehead atoms. The van der Waals surface area contributed by atoms with Crippen molar-refractivity contribution in [1.29, 1.82) is 0 Å². The van der Waals surface area contributed by atoms with Gasteiger partial charge in [-0.1, -0.05) is 18.2 Å². The Balaban J connectivity index is 2.25. The molecule has 1 aliphatic rings. The highest BCUT2D eigenvalue weighted by molar-refractivity contribution is 5.87. The van der Waals surface area contributed by atoms with Crippen molar-refractivity contribution < 1.29 is 9.66 Å². The van der Waals surface area contributed by atoms with Gasteiger partial charge >= 0.3 is 0 Å². The maximum Gasteiger partial charge on any atom is 0.271 e. The molecule has 1 unspecified atom stereocenters. The summed E-state index contributed by atoms with van der Waals surface area (Å²) in [6.45, 7) is 4.30. The highest BCUT2D eigenvalue weighted by Crippen LogP contribution is 2.41. The van der Waals surface area contributed by atoms with Crippen LogP contribution in [0.25, 0.3) is 0 Å². The number of nitro benzene ring substituents is 1. The molecule has 130 valence electrons. The number of amidine groups is 1. The normalized spacial score (nSPS) is 18.8. The van der Waals surface area contributed by atoms with Gasteiger partial charge in [-0.15, -0.1) is 0 Å². The summed E-state index contributed by atoms with van der Waals surface area (Å²) in [4.78, 5) is 15.2. The third-order valence-corrected chi connectivity index (χ3v) is 4.22. The van der Waals surface area contributed by atoms with Crippen LogP contribution in [-0.4, -0.2) is 24.4 Å². The first-order valence-electron chi connectivity index (χ1n) is 8.05. The minimum absolute atomic E-state index is 0.0142. The molecule has 0 aromatic heterocycles. The maximum absolute atomic E-state index is 11.1.